The molecule has 1 fully saturated rings. The van der Waals surface area contributed by atoms with E-state index >= 15 is 0 Å². The fourth-order valence-electron chi connectivity index (χ4n) is 1.98. The molecule has 1 aromatic rings. The summed E-state index contributed by atoms with van der Waals surface area (Å²) in [6.45, 7) is 4.97. The minimum Gasteiger partial charge on any atom is -0.318 e. The molecule has 102 valence electrons. The molecule has 0 unspecified atom stereocenters. The second-order valence-corrected chi connectivity index (χ2v) is 6.37. The van der Waals surface area contributed by atoms with E-state index in [0.717, 1.165) is 19.4 Å². The Morgan fingerprint density at radius 2 is 2.06 bits per heavy atom. The summed E-state index contributed by atoms with van der Waals surface area (Å²) in [6.07, 6.45) is 1.87. The van der Waals surface area contributed by atoms with Crippen LogP contribution in [0.1, 0.15) is 24.2 Å². The van der Waals surface area contributed by atoms with Crippen LogP contribution in [0, 0.1) is 13.8 Å². The molecule has 0 radical (unpaired) electrons. The van der Waals surface area contributed by atoms with Gasteiger partial charge in [-0.2, -0.15) is 5.10 Å². The van der Waals surface area contributed by atoms with Crippen molar-refractivity contribution in [3.63, 3.8) is 0 Å². The number of rotatable bonds is 6. The lowest BCUT2D eigenvalue weighted by molar-refractivity contribution is 0.564. The van der Waals surface area contributed by atoms with E-state index in [1.54, 1.807) is 18.5 Å². The second-order valence-electron chi connectivity index (χ2n) is 4.72. The normalized spacial score (nSPS) is 16.2. The van der Waals surface area contributed by atoms with Crippen molar-refractivity contribution in [3.8, 4) is 0 Å². The quantitative estimate of drug-likeness (QED) is 0.773. The zero-order valence-corrected chi connectivity index (χ0v) is 11.8. The molecule has 0 amide bonds. The van der Waals surface area contributed by atoms with E-state index in [-0.39, 0.29) is 6.04 Å². The third kappa shape index (κ3) is 2.73. The SMILES string of the molecule is CNCCn1nc(C)c(S(=O)(=O)NC2CC2)c1C. The third-order valence-electron chi connectivity index (χ3n) is 3.06. The smallest absolute Gasteiger partial charge is 0.244 e. The number of nitrogens with zero attached hydrogens (tertiary/aromatic N) is 2. The van der Waals surface area contributed by atoms with Crippen LogP contribution < -0.4 is 10.0 Å². The molecular formula is C11H20N4O2S. The van der Waals surface area contributed by atoms with Gasteiger partial charge in [0.05, 0.1) is 17.9 Å². The number of sulfonamides is 1. The van der Waals surface area contributed by atoms with Crippen LogP contribution in [0.3, 0.4) is 0 Å². The monoisotopic (exact) mass is 272 g/mol. The Hall–Kier alpha value is -0.920. The summed E-state index contributed by atoms with van der Waals surface area (Å²) in [6, 6.07) is 0.120. The van der Waals surface area contributed by atoms with Crippen molar-refractivity contribution in [1.29, 1.82) is 0 Å². The van der Waals surface area contributed by atoms with Crippen molar-refractivity contribution in [2.45, 2.75) is 44.2 Å². The molecule has 6 nitrogen and oxygen atoms in total. The molecule has 0 aliphatic heterocycles. The molecule has 1 heterocycles. The van der Waals surface area contributed by atoms with E-state index in [4.69, 9.17) is 0 Å². The first kappa shape index (κ1) is 13.5. The first-order chi connectivity index (χ1) is 8.45. The lowest BCUT2D eigenvalue weighted by atomic mass is 10.4. The number of hydrogen-bond donors (Lipinski definition) is 2. The largest absolute Gasteiger partial charge is 0.318 e. The van der Waals surface area contributed by atoms with Crippen molar-refractivity contribution < 1.29 is 8.42 Å². The summed E-state index contributed by atoms with van der Waals surface area (Å²) in [5.74, 6) is 0. The molecule has 2 rings (SSSR count). The van der Waals surface area contributed by atoms with Crippen LogP contribution in [0.5, 0.6) is 0 Å². The van der Waals surface area contributed by atoms with Crippen LogP contribution in [-0.4, -0.2) is 37.8 Å². The first-order valence-corrected chi connectivity index (χ1v) is 7.65. The third-order valence-corrected chi connectivity index (χ3v) is 4.83. The van der Waals surface area contributed by atoms with Gasteiger partial charge in [0, 0.05) is 12.6 Å². The Labute approximate surface area is 108 Å². The van der Waals surface area contributed by atoms with Crippen LogP contribution in [-0.2, 0) is 16.6 Å². The number of hydrogen-bond acceptors (Lipinski definition) is 4. The average Bonchev–Trinajstić information content (AvgIpc) is 3.01. The van der Waals surface area contributed by atoms with E-state index in [1.807, 2.05) is 7.05 Å². The highest BCUT2D eigenvalue weighted by molar-refractivity contribution is 7.89. The Bertz CT molecular complexity index is 531. The minimum atomic E-state index is -3.42. The topological polar surface area (TPSA) is 76.0 Å². The minimum absolute atomic E-state index is 0.120. The molecule has 1 saturated carbocycles. The zero-order valence-electron chi connectivity index (χ0n) is 11.0. The van der Waals surface area contributed by atoms with E-state index in [0.29, 0.717) is 22.8 Å². The number of likely N-dealkylation sites (N-methyl/N-ethyl adjacent to an activating group) is 1. The molecule has 0 aromatic carbocycles. The fraction of sp³-hybridized carbons (Fsp3) is 0.727. The molecule has 1 aromatic heterocycles. The van der Waals surface area contributed by atoms with Gasteiger partial charge in [-0.3, -0.25) is 4.68 Å². The van der Waals surface area contributed by atoms with Gasteiger partial charge in [-0.25, -0.2) is 13.1 Å². The number of aryl methyl sites for hydroxylation is 1. The summed E-state index contributed by atoms with van der Waals surface area (Å²) >= 11 is 0. The van der Waals surface area contributed by atoms with Crippen molar-refractivity contribution in [1.82, 2.24) is 19.8 Å². The fourth-order valence-corrected chi connectivity index (χ4v) is 3.70. The van der Waals surface area contributed by atoms with Crippen molar-refractivity contribution in [2.24, 2.45) is 0 Å². The molecule has 2 N–H and O–H groups in total. The summed E-state index contributed by atoms with van der Waals surface area (Å²) in [7, 11) is -1.56. The van der Waals surface area contributed by atoms with Crippen molar-refractivity contribution in [3.05, 3.63) is 11.4 Å². The van der Waals surface area contributed by atoms with Gasteiger partial charge >= 0.3 is 0 Å². The molecule has 1 aliphatic carbocycles. The highest BCUT2D eigenvalue weighted by Crippen LogP contribution is 2.25. The second kappa shape index (κ2) is 4.99. The summed E-state index contributed by atoms with van der Waals surface area (Å²) in [4.78, 5) is 0.338. The van der Waals surface area contributed by atoms with Crippen LogP contribution >= 0.6 is 0 Å². The highest BCUT2D eigenvalue weighted by atomic mass is 32.2. The molecule has 0 saturated heterocycles. The standard InChI is InChI=1S/C11H20N4O2S/c1-8-11(18(16,17)14-10-4-5-10)9(2)15(13-8)7-6-12-3/h10,12,14H,4-7H2,1-3H3. The number of aromatic nitrogens is 2. The molecule has 18 heavy (non-hydrogen) atoms. The molecular weight excluding hydrogens is 252 g/mol. The Morgan fingerprint density at radius 1 is 1.39 bits per heavy atom. The van der Waals surface area contributed by atoms with Gasteiger partial charge in [-0.05, 0) is 33.7 Å². The molecule has 1 aliphatic rings. The zero-order chi connectivity index (χ0) is 13.3. The maximum absolute atomic E-state index is 12.2. The first-order valence-electron chi connectivity index (χ1n) is 6.16. The van der Waals surface area contributed by atoms with Gasteiger partial charge in [-0.15, -0.1) is 0 Å². The maximum Gasteiger partial charge on any atom is 0.244 e. The van der Waals surface area contributed by atoms with Crippen LogP contribution in [0.15, 0.2) is 4.90 Å². The molecule has 0 spiro atoms. The maximum atomic E-state index is 12.2. The van der Waals surface area contributed by atoms with Crippen LogP contribution in [0.4, 0.5) is 0 Å². The Balaban J connectivity index is 2.29. The summed E-state index contributed by atoms with van der Waals surface area (Å²) < 4.78 is 28.9. The predicted molar refractivity (Wildman–Crippen MR) is 69.0 cm³/mol. The Morgan fingerprint density at radius 3 is 2.61 bits per heavy atom. The Kier molecular flexibility index (Phi) is 3.74. The van der Waals surface area contributed by atoms with Gasteiger partial charge in [0.1, 0.15) is 4.90 Å². The van der Waals surface area contributed by atoms with Gasteiger partial charge in [0.25, 0.3) is 0 Å². The van der Waals surface area contributed by atoms with E-state index in [1.165, 1.54) is 0 Å². The predicted octanol–water partition coefficient (Wildman–Crippen LogP) is 0.160. The van der Waals surface area contributed by atoms with Gasteiger partial charge in [0.15, 0.2) is 0 Å². The van der Waals surface area contributed by atoms with Crippen LogP contribution in [0.25, 0.3) is 0 Å². The van der Waals surface area contributed by atoms with E-state index in [2.05, 4.69) is 15.1 Å². The average molecular weight is 272 g/mol. The lowest BCUT2D eigenvalue weighted by Crippen LogP contribution is -2.26. The van der Waals surface area contributed by atoms with Gasteiger partial charge in [0.2, 0.25) is 10.0 Å². The van der Waals surface area contributed by atoms with Gasteiger partial charge < -0.3 is 5.32 Å². The number of nitrogens with one attached hydrogen (secondary N) is 2. The van der Waals surface area contributed by atoms with Crippen molar-refractivity contribution in [2.75, 3.05) is 13.6 Å². The molecule has 0 atom stereocenters. The highest BCUT2D eigenvalue weighted by Gasteiger charge is 2.31. The van der Waals surface area contributed by atoms with E-state index < -0.39 is 10.0 Å². The molecule has 7 heteroatoms. The van der Waals surface area contributed by atoms with Crippen molar-refractivity contribution >= 4 is 10.0 Å². The molecule has 0 bridgehead atoms. The lowest BCUT2D eigenvalue weighted by Gasteiger charge is -2.07. The summed E-state index contributed by atoms with van der Waals surface area (Å²) in [5, 5.41) is 7.33. The van der Waals surface area contributed by atoms with Crippen LogP contribution in [0.2, 0.25) is 0 Å². The van der Waals surface area contributed by atoms with E-state index in [9.17, 15) is 8.42 Å². The van der Waals surface area contributed by atoms with Gasteiger partial charge in [-0.1, -0.05) is 0 Å². The summed E-state index contributed by atoms with van der Waals surface area (Å²) in [5.41, 5.74) is 1.27.